The van der Waals surface area contributed by atoms with Gasteiger partial charge in [0, 0.05) is 25.7 Å². The lowest BCUT2D eigenvalue weighted by Gasteiger charge is -2.47. The Labute approximate surface area is 189 Å². The zero-order valence-corrected chi connectivity index (χ0v) is 18.1. The monoisotopic (exact) mass is 473 g/mol. The zero-order chi connectivity index (χ0) is 23.4. The Kier molecular flexibility index (Phi) is 4.89. The summed E-state index contributed by atoms with van der Waals surface area (Å²) in [5.74, 6) is -2.30. The number of amides is 1. The van der Waals surface area contributed by atoms with Gasteiger partial charge < -0.3 is 14.7 Å². The number of aromatic nitrogens is 3. The lowest BCUT2D eigenvalue weighted by atomic mass is 10.1. The van der Waals surface area contributed by atoms with E-state index in [2.05, 4.69) is 16.8 Å². The number of aromatic hydroxyl groups is 1. The van der Waals surface area contributed by atoms with Gasteiger partial charge in [0.05, 0.1) is 12.1 Å². The van der Waals surface area contributed by atoms with Crippen LogP contribution in [-0.2, 0) is 11.2 Å². The Bertz CT molecular complexity index is 1370. The summed E-state index contributed by atoms with van der Waals surface area (Å²) in [5, 5.41) is 21.0. The number of ether oxygens (including phenoxy) is 1. The fourth-order valence-corrected chi connectivity index (χ4v) is 4.83. The van der Waals surface area contributed by atoms with Gasteiger partial charge in [-0.1, -0.05) is 24.0 Å². The van der Waals surface area contributed by atoms with Gasteiger partial charge >= 0.3 is 0 Å². The van der Waals surface area contributed by atoms with E-state index in [9.17, 15) is 23.5 Å². The fourth-order valence-electron chi connectivity index (χ4n) is 3.96. The Morgan fingerprint density at radius 2 is 2.09 bits per heavy atom. The van der Waals surface area contributed by atoms with Crippen LogP contribution in [0.15, 0.2) is 41.5 Å². The Hall–Kier alpha value is -3.80. The molecule has 1 amide bonds. The number of carbonyl (C=O) groups excluding carboxylic acids is 1. The third-order valence-corrected chi connectivity index (χ3v) is 6.52. The molecule has 0 spiro atoms. The molecule has 3 aromatic rings. The molecule has 4 heterocycles. The van der Waals surface area contributed by atoms with Crippen LogP contribution in [0.5, 0.6) is 5.75 Å². The van der Waals surface area contributed by atoms with Gasteiger partial charge in [-0.15, -0.1) is 10.2 Å². The van der Waals surface area contributed by atoms with Gasteiger partial charge in [0.25, 0.3) is 5.91 Å². The van der Waals surface area contributed by atoms with Gasteiger partial charge in [-0.25, -0.2) is 8.78 Å². The minimum absolute atomic E-state index is 0.0350. The number of likely N-dealkylation sites (N-methyl/N-ethyl adjacent to an activating group) is 1. The number of carbonyl (C=O) groups is 1. The first-order valence-corrected chi connectivity index (χ1v) is 10.7. The van der Waals surface area contributed by atoms with Crippen molar-refractivity contribution >= 4 is 17.2 Å². The molecule has 5 rings (SSSR count). The van der Waals surface area contributed by atoms with Crippen molar-refractivity contribution in [3.05, 3.63) is 74.9 Å². The highest BCUT2D eigenvalue weighted by molar-refractivity contribution is 7.14. The van der Waals surface area contributed by atoms with Crippen molar-refractivity contribution in [2.75, 3.05) is 25.2 Å². The minimum atomic E-state index is -0.774. The Morgan fingerprint density at radius 1 is 1.30 bits per heavy atom. The molecule has 9 nitrogen and oxygen atoms in total. The molecule has 33 heavy (non-hydrogen) atoms. The van der Waals surface area contributed by atoms with Crippen molar-refractivity contribution in [1.29, 1.82) is 0 Å². The van der Waals surface area contributed by atoms with Crippen LogP contribution in [0.3, 0.4) is 0 Å². The van der Waals surface area contributed by atoms with Crippen LogP contribution in [0.2, 0.25) is 0 Å². The minimum Gasteiger partial charge on any atom is -0.502 e. The summed E-state index contributed by atoms with van der Waals surface area (Å²) in [6.07, 6.45) is 0.868. The van der Waals surface area contributed by atoms with Crippen LogP contribution in [0.4, 0.5) is 8.78 Å². The number of fused-ring (bicyclic) bond motifs is 3. The van der Waals surface area contributed by atoms with Crippen molar-refractivity contribution in [2.45, 2.75) is 12.6 Å². The van der Waals surface area contributed by atoms with E-state index >= 15 is 0 Å². The molecule has 2 aliphatic rings. The summed E-state index contributed by atoms with van der Waals surface area (Å²) in [7, 11) is 1.53. The fraction of sp³-hybridized carbons (Fsp3) is 0.238. The standard InChI is InChI=1S/C21H17F2N5O4S/c1-10-20-26(2)21(31)16-18(30)17(29)13(9-28(16)27(20)5-6-32-10)19-25-24-15(33-19)7-11-3-4-12(22)8-14(11)23/h3-4,8-9,20,30H,1,5-7H2,2H3/t20-/m0/s1. The van der Waals surface area contributed by atoms with Crippen molar-refractivity contribution < 1.29 is 23.4 Å². The molecule has 0 radical (unpaired) electrons. The van der Waals surface area contributed by atoms with Crippen molar-refractivity contribution in [3.8, 4) is 16.3 Å². The quantitative estimate of drug-likeness (QED) is 0.620. The van der Waals surface area contributed by atoms with Gasteiger partial charge in [-0.2, -0.15) is 0 Å². The lowest BCUT2D eigenvalue weighted by molar-refractivity contribution is 0.0453. The van der Waals surface area contributed by atoms with E-state index in [1.54, 1.807) is 5.01 Å². The molecule has 170 valence electrons. The van der Waals surface area contributed by atoms with Crippen LogP contribution >= 0.6 is 11.3 Å². The third-order valence-electron chi connectivity index (χ3n) is 5.56. The number of nitrogens with zero attached hydrogens (tertiary/aromatic N) is 5. The topological polar surface area (TPSA) is 101 Å². The molecule has 0 bridgehead atoms. The molecule has 1 atom stereocenters. The second-order valence-corrected chi connectivity index (χ2v) is 8.66. The largest absolute Gasteiger partial charge is 0.502 e. The first-order valence-electron chi connectivity index (χ1n) is 9.87. The average molecular weight is 473 g/mol. The molecule has 2 aliphatic heterocycles. The molecule has 1 saturated heterocycles. The van der Waals surface area contributed by atoms with E-state index in [4.69, 9.17) is 4.74 Å². The van der Waals surface area contributed by atoms with Crippen LogP contribution in [0.1, 0.15) is 21.1 Å². The van der Waals surface area contributed by atoms with Crippen LogP contribution in [0.25, 0.3) is 10.6 Å². The highest BCUT2D eigenvalue weighted by Crippen LogP contribution is 2.31. The highest BCUT2D eigenvalue weighted by Gasteiger charge is 2.42. The second-order valence-electron chi connectivity index (χ2n) is 7.59. The molecular weight excluding hydrogens is 456 g/mol. The number of benzene rings is 1. The van der Waals surface area contributed by atoms with Crippen LogP contribution < -0.4 is 10.4 Å². The number of morpholine rings is 1. The molecule has 0 unspecified atom stereocenters. The summed E-state index contributed by atoms with van der Waals surface area (Å²) in [6.45, 7) is 4.55. The summed E-state index contributed by atoms with van der Waals surface area (Å²) >= 11 is 1.04. The molecule has 0 aliphatic carbocycles. The molecule has 1 aromatic carbocycles. The van der Waals surface area contributed by atoms with Crippen molar-refractivity contribution in [3.63, 3.8) is 0 Å². The maximum Gasteiger partial charge on any atom is 0.278 e. The maximum atomic E-state index is 14.0. The van der Waals surface area contributed by atoms with Gasteiger partial charge in [0.15, 0.2) is 22.6 Å². The van der Waals surface area contributed by atoms with Crippen LogP contribution in [0, 0.1) is 11.6 Å². The molecule has 12 heteroatoms. The van der Waals surface area contributed by atoms with Crippen molar-refractivity contribution in [1.82, 2.24) is 19.8 Å². The van der Waals surface area contributed by atoms with E-state index in [0.29, 0.717) is 23.9 Å². The summed E-state index contributed by atoms with van der Waals surface area (Å²) in [5.41, 5.74) is -0.681. The molecule has 1 N–H and O–H groups in total. The molecular formula is C21H17F2N5O4S. The Morgan fingerprint density at radius 3 is 2.85 bits per heavy atom. The zero-order valence-electron chi connectivity index (χ0n) is 17.3. The van der Waals surface area contributed by atoms with E-state index in [1.807, 2.05) is 0 Å². The van der Waals surface area contributed by atoms with Crippen molar-refractivity contribution in [2.24, 2.45) is 0 Å². The lowest BCUT2D eigenvalue weighted by Crippen LogP contribution is -2.63. The van der Waals surface area contributed by atoms with Gasteiger partial charge in [0.1, 0.15) is 29.0 Å². The number of rotatable bonds is 3. The average Bonchev–Trinajstić information content (AvgIpc) is 3.24. The third kappa shape index (κ3) is 3.33. The molecule has 0 saturated carbocycles. The van der Waals surface area contributed by atoms with Gasteiger partial charge in [-0.05, 0) is 11.6 Å². The van der Waals surface area contributed by atoms with E-state index < -0.39 is 34.9 Å². The normalized spacial score (nSPS) is 17.6. The first-order chi connectivity index (χ1) is 15.8. The number of hydrogen-bond donors (Lipinski definition) is 1. The maximum absolute atomic E-state index is 14.0. The second kappa shape index (κ2) is 7.66. The first kappa shape index (κ1) is 21.1. The number of hydrogen-bond acceptors (Lipinski definition) is 8. The predicted molar refractivity (Wildman–Crippen MR) is 114 cm³/mol. The van der Waals surface area contributed by atoms with Crippen LogP contribution in [-0.4, -0.2) is 57.2 Å². The van der Waals surface area contributed by atoms with E-state index in [1.165, 1.54) is 28.9 Å². The van der Waals surface area contributed by atoms with Gasteiger partial charge in [-0.3, -0.25) is 19.3 Å². The highest BCUT2D eigenvalue weighted by atomic mass is 32.1. The summed E-state index contributed by atoms with van der Waals surface area (Å²) in [6, 6.07) is 3.25. The number of pyridine rings is 1. The SMILES string of the molecule is C=C1OCCN2[C@@H]1N(C)C(=O)c1c(O)c(=O)c(-c3nnc(Cc4ccc(F)cc4F)s3)cn12. The molecule has 2 aromatic heterocycles. The predicted octanol–water partition coefficient (Wildman–Crippen LogP) is 1.83. The smallest absolute Gasteiger partial charge is 0.278 e. The molecule has 1 fully saturated rings. The summed E-state index contributed by atoms with van der Waals surface area (Å²) in [4.78, 5) is 27.2. The van der Waals surface area contributed by atoms with E-state index in [-0.39, 0.29) is 28.2 Å². The van der Waals surface area contributed by atoms with Gasteiger partial charge in [0.2, 0.25) is 5.43 Å². The number of halogens is 2. The van der Waals surface area contributed by atoms with E-state index in [0.717, 1.165) is 23.5 Å². The summed E-state index contributed by atoms with van der Waals surface area (Å²) < 4.78 is 34.1. The Balaban J connectivity index is 1.57.